The molecule has 0 fully saturated rings. The number of hydrogen-bond donors (Lipinski definition) is 1. The SMILES string of the molecule is COc1ccc(-c2cc(NC(=O)c3oc4ccccc4c3C)on2)cc1OC. The van der Waals surface area contributed by atoms with Crippen LogP contribution in [0.2, 0.25) is 0 Å². The maximum absolute atomic E-state index is 12.6. The van der Waals surface area contributed by atoms with Crippen molar-refractivity contribution in [2.75, 3.05) is 19.5 Å². The third-order valence-electron chi connectivity index (χ3n) is 4.48. The van der Waals surface area contributed by atoms with Gasteiger partial charge in [-0.05, 0) is 31.2 Å². The zero-order valence-electron chi connectivity index (χ0n) is 15.6. The Morgan fingerprint density at radius 1 is 1.04 bits per heavy atom. The van der Waals surface area contributed by atoms with Crippen LogP contribution in [0.5, 0.6) is 11.5 Å². The molecule has 2 heterocycles. The number of nitrogens with zero attached hydrogens (tertiary/aromatic N) is 1. The molecule has 1 N–H and O–H groups in total. The summed E-state index contributed by atoms with van der Waals surface area (Å²) in [6, 6.07) is 14.5. The summed E-state index contributed by atoms with van der Waals surface area (Å²) in [6.07, 6.45) is 0. The third-order valence-corrected chi connectivity index (χ3v) is 4.48. The number of amides is 1. The third kappa shape index (κ3) is 3.07. The summed E-state index contributed by atoms with van der Waals surface area (Å²) in [5.74, 6) is 1.25. The molecule has 0 saturated heterocycles. The van der Waals surface area contributed by atoms with E-state index in [1.165, 1.54) is 0 Å². The molecular weight excluding hydrogens is 360 g/mol. The number of nitrogens with one attached hydrogen (secondary N) is 1. The van der Waals surface area contributed by atoms with Gasteiger partial charge in [-0.3, -0.25) is 10.1 Å². The molecule has 0 spiro atoms. The van der Waals surface area contributed by atoms with E-state index in [0.29, 0.717) is 22.8 Å². The smallest absolute Gasteiger partial charge is 0.294 e. The Morgan fingerprint density at radius 3 is 2.57 bits per heavy atom. The van der Waals surface area contributed by atoms with Crippen LogP contribution in [0.15, 0.2) is 57.5 Å². The van der Waals surface area contributed by atoms with Gasteiger partial charge in [0.25, 0.3) is 5.91 Å². The molecule has 1 amide bonds. The number of aromatic nitrogens is 1. The van der Waals surface area contributed by atoms with Crippen molar-refractivity contribution in [3.8, 4) is 22.8 Å². The maximum Gasteiger partial charge on any atom is 0.294 e. The standard InChI is InChI=1S/C21H18N2O5/c1-12-14-6-4-5-7-16(14)27-20(12)21(24)22-19-11-15(23-28-19)13-8-9-17(25-2)18(10-13)26-3/h4-11H,1-3H3,(H,22,24). The van der Waals surface area contributed by atoms with Gasteiger partial charge in [0.05, 0.1) is 14.2 Å². The van der Waals surface area contributed by atoms with E-state index in [-0.39, 0.29) is 11.6 Å². The van der Waals surface area contributed by atoms with E-state index in [4.69, 9.17) is 18.4 Å². The van der Waals surface area contributed by atoms with Crippen molar-refractivity contribution >= 4 is 22.8 Å². The molecular formula is C21H18N2O5. The van der Waals surface area contributed by atoms with Crippen molar-refractivity contribution in [2.24, 2.45) is 0 Å². The number of carbonyl (C=O) groups is 1. The molecule has 0 bridgehead atoms. The lowest BCUT2D eigenvalue weighted by Crippen LogP contribution is -2.11. The van der Waals surface area contributed by atoms with E-state index in [1.54, 1.807) is 32.4 Å². The number of fused-ring (bicyclic) bond motifs is 1. The van der Waals surface area contributed by atoms with Crippen molar-refractivity contribution in [3.05, 3.63) is 59.9 Å². The van der Waals surface area contributed by atoms with Gasteiger partial charge in [0.1, 0.15) is 11.3 Å². The van der Waals surface area contributed by atoms with E-state index in [0.717, 1.165) is 16.5 Å². The molecule has 0 saturated carbocycles. The van der Waals surface area contributed by atoms with Crippen LogP contribution >= 0.6 is 0 Å². The highest BCUT2D eigenvalue weighted by atomic mass is 16.5. The average molecular weight is 378 g/mol. The topological polar surface area (TPSA) is 86.7 Å². The van der Waals surface area contributed by atoms with Gasteiger partial charge in [-0.15, -0.1) is 0 Å². The molecule has 7 heteroatoms. The van der Waals surface area contributed by atoms with Crippen LogP contribution in [-0.2, 0) is 0 Å². The molecule has 7 nitrogen and oxygen atoms in total. The van der Waals surface area contributed by atoms with Crippen molar-refractivity contribution in [1.82, 2.24) is 5.16 Å². The Bertz CT molecular complexity index is 1160. The second-order valence-electron chi connectivity index (χ2n) is 6.15. The molecule has 0 radical (unpaired) electrons. The van der Waals surface area contributed by atoms with E-state index in [9.17, 15) is 4.79 Å². The summed E-state index contributed by atoms with van der Waals surface area (Å²) in [5, 5.41) is 7.60. The highest BCUT2D eigenvalue weighted by Crippen LogP contribution is 2.33. The predicted molar refractivity (Wildman–Crippen MR) is 104 cm³/mol. The van der Waals surface area contributed by atoms with Gasteiger partial charge in [-0.1, -0.05) is 23.4 Å². The Balaban J connectivity index is 1.58. The first-order chi connectivity index (χ1) is 13.6. The number of para-hydroxylation sites is 1. The Kier molecular flexibility index (Phi) is 4.49. The minimum Gasteiger partial charge on any atom is -0.493 e. The first kappa shape index (κ1) is 17.7. The fraction of sp³-hybridized carbons (Fsp3) is 0.143. The highest BCUT2D eigenvalue weighted by Gasteiger charge is 2.19. The van der Waals surface area contributed by atoms with Gasteiger partial charge < -0.3 is 18.4 Å². The van der Waals surface area contributed by atoms with Gasteiger partial charge in [0.15, 0.2) is 17.3 Å². The van der Waals surface area contributed by atoms with Crippen LogP contribution in [-0.4, -0.2) is 25.3 Å². The predicted octanol–water partition coefficient (Wildman–Crippen LogP) is 4.67. The van der Waals surface area contributed by atoms with Gasteiger partial charge in [-0.25, -0.2) is 0 Å². The van der Waals surface area contributed by atoms with Crippen LogP contribution in [0.4, 0.5) is 5.88 Å². The second kappa shape index (κ2) is 7.11. The number of carbonyl (C=O) groups excluding carboxylic acids is 1. The fourth-order valence-corrected chi connectivity index (χ4v) is 3.03. The van der Waals surface area contributed by atoms with Gasteiger partial charge in [0, 0.05) is 22.6 Å². The van der Waals surface area contributed by atoms with Crippen molar-refractivity contribution in [1.29, 1.82) is 0 Å². The zero-order chi connectivity index (χ0) is 19.7. The lowest BCUT2D eigenvalue weighted by molar-refractivity contribution is 0.0994. The number of ether oxygens (including phenoxy) is 2. The number of anilines is 1. The van der Waals surface area contributed by atoms with E-state index in [2.05, 4.69) is 10.5 Å². The maximum atomic E-state index is 12.6. The number of hydrogen-bond acceptors (Lipinski definition) is 6. The Labute approximate surface area is 160 Å². The Morgan fingerprint density at radius 2 is 1.82 bits per heavy atom. The normalized spacial score (nSPS) is 10.8. The van der Waals surface area contributed by atoms with Crippen LogP contribution in [0.25, 0.3) is 22.2 Å². The monoisotopic (exact) mass is 378 g/mol. The van der Waals surface area contributed by atoms with Crippen LogP contribution in [0, 0.1) is 6.92 Å². The lowest BCUT2D eigenvalue weighted by atomic mass is 10.1. The lowest BCUT2D eigenvalue weighted by Gasteiger charge is -2.07. The van der Waals surface area contributed by atoms with E-state index < -0.39 is 5.91 Å². The first-order valence-corrected chi connectivity index (χ1v) is 8.59. The molecule has 0 aliphatic rings. The number of benzene rings is 2. The average Bonchev–Trinajstić information content (AvgIpc) is 3.32. The molecule has 142 valence electrons. The summed E-state index contributed by atoms with van der Waals surface area (Å²) >= 11 is 0. The van der Waals surface area contributed by atoms with Crippen LogP contribution in [0.3, 0.4) is 0 Å². The van der Waals surface area contributed by atoms with Gasteiger partial charge in [-0.2, -0.15) is 0 Å². The molecule has 28 heavy (non-hydrogen) atoms. The molecule has 4 aromatic rings. The summed E-state index contributed by atoms with van der Waals surface area (Å²) in [4.78, 5) is 12.6. The second-order valence-corrected chi connectivity index (χ2v) is 6.15. The minimum atomic E-state index is -0.399. The highest BCUT2D eigenvalue weighted by molar-refractivity contribution is 6.06. The van der Waals surface area contributed by atoms with Crippen LogP contribution < -0.4 is 14.8 Å². The molecule has 0 aliphatic heterocycles. The summed E-state index contributed by atoms with van der Waals surface area (Å²) in [6.45, 7) is 1.84. The van der Waals surface area contributed by atoms with Crippen molar-refractivity contribution < 1.29 is 23.2 Å². The van der Waals surface area contributed by atoms with Gasteiger partial charge in [0.2, 0.25) is 5.88 Å². The molecule has 0 unspecified atom stereocenters. The summed E-state index contributed by atoms with van der Waals surface area (Å²) < 4.78 is 21.5. The number of aryl methyl sites for hydroxylation is 1. The number of furan rings is 1. The zero-order valence-corrected chi connectivity index (χ0v) is 15.6. The minimum absolute atomic E-state index is 0.217. The van der Waals surface area contributed by atoms with Gasteiger partial charge >= 0.3 is 0 Å². The van der Waals surface area contributed by atoms with E-state index in [1.807, 2.05) is 37.3 Å². The number of methoxy groups -OCH3 is 2. The Hall–Kier alpha value is -3.74. The molecule has 0 aliphatic carbocycles. The number of rotatable bonds is 5. The molecule has 2 aromatic carbocycles. The fourth-order valence-electron chi connectivity index (χ4n) is 3.03. The van der Waals surface area contributed by atoms with Crippen LogP contribution in [0.1, 0.15) is 16.1 Å². The van der Waals surface area contributed by atoms with Crippen molar-refractivity contribution in [2.45, 2.75) is 6.92 Å². The van der Waals surface area contributed by atoms with E-state index >= 15 is 0 Å². The summed E-state index contributed by atoms with van der Waals surface area (Å²) in [5.41, 5.74) is 2.75. The van der Waals surface area contributed by atoms with Crippen molar-refractivity contribution in [3.63, 3.8) is 0 Å². The largest absolute Gasteiger partial charge is 0.493 e. The molecule has 0 atom stereocenters. The molecule has 2 aromatic heterocycles. The molecule has 4 rings (SSSR count). The first-order valence-electron chi connectivity index (χ1n) is 8.59. The summed E-state index contributed by atoms with van der Waals surface area (Å²) in [7, 11) is 3.13. The quantitative estimate of drug-likeness (QED) is 0.543.